The Morgan fingerprint density at radius 3 is 2.50 bits per heavy atom. The van der Waals surface area contributed by atoms with Gasteiger partial charge in [0.15, 0.2) is 5.69 Å². The standard InChI is InChI=1S/C11H9IN2O2/c1-14-10(11(15)16)8(12)9(13-14)7-5-3-2-4-6-7/h2-6H,1H3,(H,15,16). The van der Waals surface area contributed by atoms with E-state index in [1.54, 1.807) is 7.05 Å². The van der Waals surface area contributed by atoms with Crippen molar-refractivity contribution in [3.8, 4) is 11.3 Å². The van der Waals surface area contributed by atoms with Gasteiger partial charge in [-0.15, -0.1) is 0 Å². The summed E-state index contributed by atoms with van der Waals surface area (Å²) in [4.78, 5) is 11.0. The summed E-state index contributed by atoms with van der Waals surface area (Å²) in [5.41, 5.74) is 1.86. The smallest absolute Gasteiger partial charge is 0.355 e. The van der Waals surface area contributed by atoms with Crippen LogP contribution in [-0.4, -0.2) is 20.9 Å². The first-order valence-electron chi connectivity index (χ1n) is 4.62. The molecule has 0 spiro atoms. The average Bonchev–Trinajstić information content (AvgIpc) is 2.55. The minimum Gasteiger partial charge on any atom is -0.476 e. The van der Waals surface area contributed by atoms with Crippen molar-refractivity contribution in [1.29, 1.82) is 0 Å². The molecule has 0 aliphatic rings. The second kappa shape index (κ2) is 4.25. The fourth-order valence-corrected chi connectivity index (χ4v) is 2.51. The van der Waals surface area contributed by atoms with Crippen LogP contribution in [0.3, 0.4) is 0 Å². The van der Waals surface area contributed by atoms with Gasteiger partial charge in [-0.3, -0.25) is 4.68 Å². The Kier molecular flexibility index (Phi) is 2.95. The van der Waals surface area contributed by atoms with Crippen LogP contribution in [0.15, 0.2) is 30.3 Å². The number of benzene rings is 1. The molecule has 16 heavy (non-hydrogen) atoms. The van der Waals surface area contributed by atoms with E-state index in [9.17, 15) is 4.79 Å². The van der Waals surface area contributed by atoms with Gasteiger partial charge in [0.1, 0.15) is 5.69 Å². The molecule has 0 saturated heterocycles. The van der Waals surface area contributed by atoms with Crippen molar-refractivity contribution < 1.29 is 9.90 Å². The van der Waals surface area contributed by atoms with Crippen LogP contribution in [0, 0.1) is 3.57 Å². The molecule has 82 valence electrons. The van der Waals surface area contributed by atoms with Crippen LogP contribution in [0.4, 0.5) is 0 Å². The molecule has 0 unspecified atom stereocenters. The predicted octanol–water partition coefficient (Wildman–Crippen LogP) is 2.39. The highest BCUT2D eigenvalue weighted by molar-refractivity contribution is 14.1. The van der Waals surface area contributed by atoms with Gasteiger partial charge in [0.2, 0.25) is 0 Å². The molecule has 1 aromatic carbocycles. The zero-order valence-corrected chi connectivity index (χ0v) is 10.7. The van der Waals surface area contributed by atoms with Crippen LogP contribution in [0.5, 0.6) is 0 Å². The highest BCUT2D eigenvalue weighted by atomic mass is 127. The first-order chi connectivity index (χ1) is 7.61. The number of nitrogens with zero attached hydrogens (tertiary/aromatic N) is 2. The number of rotatable bonds is 2. The number of hydrogen-bond donors (Lipinski definition) is 1. The second-order valence-electron chi connectivity index (χ2n) is 3.31. The molecule has 0 aliphatic carbocycles. The molecule has 1 heterocycles. The van der Waals surface area contributed by atoms with Gasteiger partial charge < -0.3 is 5.11 Å². The van der Waals surface area contributed by atoms with E-state index in [1.807, 2.05) is 52.9 Å². The third kappa shape index (κ3) is 1.82. The number of aromatic carboxylic acids is 1. The van der Waals surface area contributed by atoms with Gasteiger partial charge in [0, 0.05) is 12.6 Å². The van der Waals surface area contributed by atoms with Gasteiger partial charge in [-0.2, -0.15) is 5.10 Å². The Morgan fingerprint density at radius 1 is 1.38 bits per heavy atom. The summed E-state index contributed by atoms with van der Waals surface area (Å²) in [5, 5.41) is 13.3. The van der Waals surface area contributed by atoms with Crippen LogP contribution in [0.2, 0.25) is 0 Å². The molecule has 0 atom stereocenters. The van der Waals surface area contributed by atoms with Crippen LogP contribution < -0.4 is 0 Å². The van der Waals surface area contributed by atoms with Crippen molar-refractivity contribution in [2.24, 2.45) is 7.05 Å². The Bertz CT molecular complexity index is 534. The van der Waals surface area contributed by atoms with E-state index >= 15 is 0 Å². The Hall–Kier alpha value is -1.37. The number of carbonyl (C=O) groups is 1. The van der Waals surface area contributed by atoms with Crippen molar-refractivity contribution in [2.45, 2.75) is 0 Å². The van der Waals surface area contributed by atoms with Crippen LogP contribution in [0.25, 0.3) is 11.3 Å². The van der Waals surface area contributed by atoms with Gasteiger partial charge in [-0.1, -0.05) is 30.3 Å². The topological polar surface area (TPSA) is 55.1 Å². The molecule has 0 bridgehead atoms. The highest BCUT2D eigenvalue weighted by Gasteiger charge is 2.19. The Balaban J connectivity index is 2.61. The van der Waals surface area contributed by atoms with E-state index in [1.165, 1.54) is 4.68 Å². The zero-order chi connectivity index (χ0) is 11.7. The highest BCUT2D eigenvalue weighted by Crippen LogP contribution is 2.26. The van der Waals surface area contributed by atoms with E-state index in [0.717, 1.165) is 5.56 Å². The van der Waals surface area contributed by atoms with Crippen molar-refractivity contribution in [2.75, 3.05) is 0 Å². The van der Waals surface area contributed by atoms with Crippen molar-refractivity contribution in [1.82, 2.24) is 9.78 Å². The fraction of sp³-hybridized carbons (Fsp3) is 0.0909. The number of hydrogen-bond acceptors (Lipinski definition) is 2. The first kappa shape index (κ1) is 11.1. The molecule has 1 N–H and O–H groups in total. The lowest BCUT2D eigenvalue weighted by Gasteiger charge is -1.95. The average molecular weight is 328 g/mol. The van der Waals surface area contributed by atoms with E-state index in [4.69, 9.17) is 5.11 Å². The minimum absolute atomic E-state index is 0.222. The zero-order valence-electron chi connectivity index (χ0n) is 8.51. The van der Waals surface area contributed by atoms with E-state index < -0.39 is 5.97 Å². The SMILES string of the molecule is Cn1nc(-c2ccccc2)c(I)c1C(=O)O. The normalized spacial score (nSPS) is 10.4. The molecule has 1 aromatic heterocycles. The molecular formula is C11H9IN2O2. The van der Waals surface area contributed by atoms with Crippen LogP contribution in [-0.2, 0) is 7.05 Å². The third-order valence-corrected chi connectivity index (χ3v) is 3.26. The molecule has 4 nitrogen and oxygen atoms in total. The fourth-order valence-electron chi connectivity index (χ4n) is 1.51. The van der Waals surface area contributed by atoms with Crippen molar-refractivity contribution >= 4 is 28.6 Å². The summed E-state index contributed by atoms with van der Waals surface area (Å²) in [5.74, 6) is -0.957. The Morgan fingerprint density at radius 2 is 2.00 bits per heavy atom. The lowest BCUT2D eigenvalue weighted by atomic mass is 10.1. The molecule has 0 aliphatic heterocycles. The summed E-state index contributed by atoms with van der Waals surface area (Å²) in [6, 6.07) is 9.55. The van der Waals surface area contributed by atoms with Gasteiger partial charge >= 0.3 is 5.97 Å². The van der Waals surface area contributed by atoms with Crippen LogP contribution >= 0.6 is 22.6 Å². The summed E-state index contributed by atoms with van der Waals surface area (Å²) >= 11 is 2.02. The van der Waals surface area contributed by atoms with Gasteiger partial charge in [-0.25, -0.2) is 4.79 Å². The van der Waals surface area contributed by atoms with Gasteiger partial charge in [0.05, 0.1) is 3.57 Å². The molecule has 2 aromatic rings. The lowest BCUT2D eigenvalue weighted by molar-refractivity contribution is 0.0684. The molecule has 0 radical (unpaired) electrons. The molecule has 0 fully saturated rings. The van der Waals surface area contributed by atoms with Crippen LogP contribution in [0.1, 0.15) is 10.5 Å². The second-order valence-corrected chi connectivity index (χ2v) is 4.38. The number of halogens is 1. The van der Waals surface area contributed by atoms with E-state index in [0.29, 0.717) is 9.26 Å². The summed E-state index contributed by atoms with van der Waals surface area (Å²) in [7, 11) is 1.64. The molecule has 2 rings (SSSR count). The van der Waals surface area contributed by atoms with Crippen molar-refractivity contribution in [3.63, 3.8) is 0 Å². The summed E-state index contributed by atoms with van der Waals surface area (Å²) in [6.45, 7) is 0. The maximum Gasteiger partial charge on any atom is 0.355 e. The molecule has 5 heteroatoms. The largest absolute Gasteiger partial charge is 0.476 e. The first-order valence-corrected chi connectivity index (χ1v) is 5.70. The van der Waals surface area contributed by atoms with Gasteiger partial charge in [0.25, 0.3) is 0 Å². The predicted molar refractivity (Wildman–Crippen MR) is 68.3 cm³/mol. The number of carboxylic acid groups (broad SMARTS) is 1. The van der Waals surface area contributed by atoms with Crippen molar-refractivity contribution in [3.05, 3.63) is 39.6 Å². The quantitative estimate of drug-likeness (QED) is 0.862. The number of carboxylic acids is 1. The van der Waals surface area contributed by atoms with E-state index in [2.05, 4.69) is 5.10 Å². The maximum absolute atomic E-state index is 11.0. The minimum atomic E-state index is -0.957. The summed E-state index contributed by atoms with van der Waals surface area (Å²) in [6.07, 6.45) is 0. The third-order valence-electron chi connectivity index (χ3n) is 2.24. The van der Waals surface area contributed by atoms with Gasteiger partial charge in [-0.05, 0) is 22.6 Å². The molecule has 0 amide bonds. The Labute approximate surface area is 106 Å². The maximum atomic E-state index is 11.0. The monoisotopic (exact) mass is 328 g/mol. The number of aromatic nitrogens is 2. The molecule has 0 saturated carbocycles. The summed E-state index contributed by atoms with van der Waals surface area (Å²) < 4.78 is 2.06. The molecular weight excluding hydrogens is 319 g/mol. The lowest BCUT2D eigenvalue weighted by Crippen LogP contribution is -2.06. The van der Waals surface area contributed by atoms with E-state index in [-0.39, 0.29) is 5.69 Å². The number of aryl methyl sites for hydroxylation is 1.